The van der Waals surface area contributed by atoms with Gasteiger partial charge in [-0.15, -0.1) is 0 Å². The van der Waals surface area contributed by atoms with E-state index in [9.17, 15) is 5.11 Å². The molecule has 15 heavy (non-hydrogen) atoms. The van der Waals surface area contributed by atoms with Crippen molar-refractivity contribution < 1.29 is 5.11 Å². The Kier molecular flexibility index (Phi) is 3.72. The van der Waals surface area contributed by atoms with E-state index in [1.54, 1.807) is 12.1 Å². The largest absolute Gasteiger partial charge is 0.508 e. The summed E-state index contributed by atoms with van der Waals surface area (Å²) in [5, 5.41) is 12.6. The molecule has 0 fully saturated rings. The molecule has 0 aliphatic rings. The molecular weight excluding hydrogens is 188 g/mol. The van der Waals surface area contributed by atoms with Gasteiger partial charge in [0.05, 0.1) is 0 Å². The van der Waals surface area contributed by atoms with E-state index in [2.05, 4.69) is 26.1 Å². The Morgan fingerprint density at radius 1 is 1.27 bits per heavy atom. The molecule has 0 heterocycles. The first-order chi connectivity index (χ1) is 6.92. The Balaban J connectivity index is 2.79. The van der Waals surface area contributed by atoms with E-state index in [-0.39, 0.29) is 17.3 Å². The number of nitrogens with two attached hydrogens (primary N) is 1. The topological polar surface area (TPSA) is 58.3 Å². The normalized spacial score (nSPS) is 13.9. The standard InChI is InChI=1S/C12H20N2O/c1-12(2,3)14-11(8-13)9-4-6-10(15)7-5-9/h4-7,11,14-15H,8,13H2,1-3H3. The van der Waals surface area contributed by atoms with Crippen LogP contribution in [0.4, 0.5) is 0 Å². The zero-order chi connectivity index (χ0) is 11.5. The van der Waals surface area contributed by atoms with Crippen LogP contribution >= 0.6 is 0 Å². The van der Waals surface area contributed by atoms with Gasteiger partial charge in [-0.3, -0.25) is 0 Å². The van der Waals surface area contributed by atoms with Crippen molar-refractivity contribution >= 4 is 0 Å². The quantitative estimate of drug-likeness (QED) is 0.709. The van der Waals surface area contributed by atoms with Crippen molar-refractivity contribution in [3.8, 4) is 5.75 Å². The summed E-state index contributed by atoms with van der Waals surface area (Å²) in [7, 11) is 0. The molecule has 0 saturated heterocycles. The Hall–Kier alpha value is -1.06. The molecule has 0 bridgehead atoms. The van der Waals surface area contributed by atoms with Crippen molar-refractivity contribution in [2.24, 2.45) is 5.73 Å². The number of rotatable bonds is 3. The second-order valence-electron chi connectivity index (χ2n) is 4.77. The van der Waals surface area contributed by atoms with Crippen LogP contribution < -0.4 is 11.1 Å². The van der Waals surface area contributed by atoms with E-state index in [1.165, 1.54) is 0 Å². The Bertz CT molecular complexity index is 300. The zero-order valence-electron chi connectivity index (χ0n) is 9.62. The second kappa shape index (κ2) is 4.64. The molecule has 1 aromatic rings. The van der Waals surface area contributed by atoms with Gasteiger partial charge in [0.2, 0.25) is 0 Å². The van der Waals surface area contributed by atoms with Crippen molar-refractivity contribution in [1.29, 1.82) is 0 Å². The lowest BCUT2D eigenvalue weighted by Crippen LogP contribution is -2.41. The van der Waals surface area contributed by atoms with Crippen LogP contribution in [0.2, 0.25) is 0 Å². The van der Waals surface area contributed by atoms with Crippen LogP contribution in [0.3, 0.4) is 0 Å². The van der Waals surface area contributed by atoms with Crippen LogP contribution in [-0.2, 0) is 0 Å². The fourth-order valence-electron chi connectivity index (χ4n) is 1.51. The van der Waals surface area contributed by atoms with Gasteiger partial charge < -0.3 is 16.2 Å². The second-order valence-corrected chi connectivity index (χ2v) is 4.77. The lowest BCUT2D eigenvalue weighted by atomic mass is 10.0. The highest BCUT2D eigenvalue weighted by Crippen LogP contribution is 2.18. The maximum Gasteiger partial charge on any atom is 0.115 e. The maximum absolute atomic E-state index is 9.19. The monoisotopic (exact) mass is 208 g/mol. The molecule has 84 valence electrons. The highest BCUT2D eigenvalue weighted by molar-refractivity contribution is 5.28. The van der Waals surface area contributed by atoms with Crippen LogP contribution in [0.1, 0.15) is 32.4 Å². The van der Waals surface area contributed by atoms with Gasteiger partial charge in [0, 0.05) is 18.1 Å². The van der Waals surface area contributed by atoms with Crippen molar-refractivity contribution in [3.05, 3.63) is 29.8 Å². The molecule has 1 atom stereocenters. The van der Waals surface area contributed by atoms with Gasteiger partial charge in [0.15, 0.2) is 0 Å². The minimum Gasteiger partial charge on any atom is -0.508 e. The number of hydrogen-bond donors (Lipinski definition) is 3. The predicted molar refractivity (Wildman–Crippen MR) is 62.8 cm³/mol. The molecule has 0 radical (unpaired) electrons. The summed E-state index contributed by atoms with van der Waals surface area (Å²) in [4.78, 5) is 0. The van der Waals surface area contributed by atoms with E-state index in [0.29, 0.717) is 6.54 Å². The SMILES string of the molecule is CC(C)(C)NC(CN)c1ccc(O)cc1. The Labute approximate surface area is 91.3 Å². The summed E-state index contributed by atoms with van der Waals surface area (Å²) >= 11 is 0. The Morgan fingerprint density at radius 2 is 1.80 bits per heavy atom. The van der Waals surface area contributed by atoms with E-state index in [0.717, 1.165) is 5.56 Å². The summed E-state index contributed by atoms with van der Waals surface area (Å²) in [6.07, 6.45) is 0. The molecule has 0 aromatic heterocycles. The molecule has 0 amide bonds. The molecule has 1 rings (SSSR count). The summed E-state index contributed by atoms with van der Waals surface area (Å²) in [5.74, 6) is 0.283. The van der Waals surface area contributed by atoms with Gasteiger partial charge >= 0.3 is 0 Å². The molecular formula is C12H20N2O. The van der Waals surface area contributed by atoms with E-state index < -0.39 is 0 Å². The molecule has 3 heteroatoms. The fourth-order valence-corrected chi connectivity index (χ4v) is 1.51. The maximum atomic E-state index is 9.19. The zero-order valence-corrected chi connectivity index (χ0v) is 9.62. The average molecular weight is 208 g/mol. The minimum atomic E-state index is 0.0297. The minimum absolute atomic E-state index is 0.0297. The van der Waals surface area contributed by atoms with Gasteiger partial charge in [-0.2, -0.15) is 0 Å². The van der Waals surface area contributed by atoms with Crippen molar-refractivity contribution in [2.45, 2.75) is 32.4 Å². The van der Waals surface area contributed by atoms with Crippen LogP contribution in [0.15, 0.2) is 24.3 Å². The highest BCUT2D eigenvalue weighted by atomic mass is 16.3. The fraction of sp³-hybridized carbons (Fsp3) is 0.500. The first-order valence-corrected chi connectivity index (χ1v) is 5.19. The number of benzene rings is 1. The molecule has 0 saturated carbocycles. The van der Waals surface area contributed by atoms with E-state index in [1.807, 2.05) is 12.1 Å². The molecule has 0 aliphatic carbocycles. The summed E-state index contributed by atoms with van der Waals surface area (Å²) in [6.45, 7) is 6.87. The summed E-state index contributed by atoms with van der Waals surface area (Å²) in [5.41, 5.74) is 6.86. The van der Waals surface area contributed by atoms with Gasteiger partial charge in [-0.25, -0.2) is 0 Å². The smallest absolute Gasteiger partial charge is 0.115 e. The number of aromatic hydroxyl groups is 1. The Morgan fingerprint density at radius 3 is 2.20 bits per heavy atom. The molecule has 3 nitrogen and oxygen atoms in total. The third kappa shape index (κ3) is 3.90. The first kappa shape index (κ1) is 12.0. The lowest BCUT2D eigenvalue weighted by molar-refractivity contribution is 0.367. The number of phenols is 1. The molecule has 0 aliphatic heterocycles. The number of phenolic OH excluding ortho intramolecular Hbond substituents is 1. The van der Waals surface area contributed by atoms with E-state index in [4.69, 9.17) is 5.73 Å². The highest BCUT2D eigenvalue weighted by Gasteiger charge is 2.17. The summed E-state index contributed by atoms with van der Waals surface area (Å²) in [6, 6.07) is 7.28. The van der Waals surface area contributed by atoms with Gasteiger partial charge in [0.25, 0.3) is 0 Å². The van der Waals surface area contributed by atoms with Crippen LogP contribution in [0.5, 0.6) is 5.75 Å². The number of nitrogens with one attached hydrogen (secondary N) is 1. The molecule has 1 unspecified atom stereocenters. The lowest BCUT2D eigenvalue weighted by Gasteiger charge is -2.28. The predicted octanol–water partition coefficient (Wildman–Crippen LogP) is 1.78. The van der Waals surface area contributed by atoms with Gasteiger partial charge in [-0.05, 0) is 38.5 Å². The third-order valence-electron chi connectivity index (χ3n) is 2.14. The van der Waals surface area contributed by atoms with Crippen LogP contribution in [0, 0.1) is 0 Å². The molecule has 4 N–H and O–H groups in total. The molecule has 1 aromatic carbocycles. The summed E-state index contributed by atoms with van der Waals surface area (Å²) < 4.78 is 0. The van der Waals surface area contributed by atoms with Crippen molar-refractivity contribution in [1.82, 2.24) is 5.32 Å². The third-order valence-corrected chi connectivity index (χ3v) is 2.14. The van der Waals surface area contributed by atoms with Crippen LogP contribution in [0.25, 0.3) is 0 Å². The van der Waals surface area contributed by atoms with Gasteiger partial charge in [-0.1, -0.05) is 12.1 Å². The first-order valence-electron chi connectivity index (χ1n) is 5.19. The van der Waals surface area contributed by atoms with Crippen LogP contribution in [-0.4, -0.2) is 17.2 Å². The van der Waals surface area contributed by atoms with Crippen molar-refractivity contribution in [2.75, 3.05) is 6.54 Å². The number of hydrogen-bond acceptors (Lipinski definition) is 3. The van der Waals surface area contributed by atoms with Gasteiger partial charge in [0.1, 0.15) is 5.75 Å². The molecule has 0 spiro atoms. The van der Waals surface area contributed by atoms with Crippen molar-refractivity contribution in [3.63, 3.8) is 0 Å². The van der Waals surface area contributed by atoms with E-state index >= 15 is 0 Å². The average Bonchev–Trinajstić information content (AvgIpc) is 2.14.